The number of nitrogens with two attached hydrogens (primary N) is 1. The van der Waals surface area contributed by atoms with Crippen LogP contribution >= 0.6 is 24.8 Å². The molecule has 0 bridgehead atoms. The fourth-order valence-electron chi connectivity index (χ4n) is 2.81. The Morgan fingerprint density at radius 2 is 1.64 bits per heavy atom. The number of carbonyl (C=O) groups excluding carboxylic acids is 1. The topological polar surface area (TPSA) is 95.7 Å². The zero-order chi connectivity index (χ0) is 18.7. The monoisotopic (exact) mass is 446 g/mol. The Kier molecular flexibility index (Phi) is 8.72. The lowest BCUT2D eigenvalue weighted by atomic mass is 10.1. The summed E-state index contributed by atoms with van der Waals surface area (Å²) < 4.78 is 27.1. The smallest absolute Gasteiger partial charge is 0.257 e. The van der Waals surface area contributed by atoms with Crippen LogP contribution in [-0.2, 0) is 10.0 Å². The summed E-state index contributed by atoms with van der Waals surface area (Å²) >= 11 is 0. The lowest BCUT2D eigenvalue weighted by molar-refractivity contribution is 0.102. The third-order valence-electron chi connectivity index (χ3n) is 4.40. The molecule has 0 atom stereocenters. The van der Waals surface area contributed by atoms with Gasteiger partial charge in [0, 0.05) is 37.6 Å². The first kappa shape index (κ1) is 24.2. The standard InChI is InChI=1S/C18H22N4O3S.2ClH/c1-21-9-11-22(12-10-21)26(24,25)15-6-4-5-14(13-15)20-18(23)16-7-2-3-8-17(16)19;;/h2-8,13H,9-12,19H2,1H3,(H,20,23);2*1H. The number of amides is 1. The van der Waals surface area contributed by atoms with E-state index in [0.717, 1.165) is 0 Å². The number of piperazine rings is 1. The summed E-state index contributed by atoms with van der Waals surface area (Å²) in [6.07, 6.45) is 0. The van der Waals surface area contributed by atoms with Gasteiger partial charge in [0.2, 0.25) is 10.0 Å². The van der Waals surface area contributed by atoms with Crippen molar-refractivity contribution in [2.24, 2.45) is 0 Å². The maximum atomic E-state index is 12.8. The molecule has 0 aromatic heterocycles. The van der Waals surface area contributed by atoms with Crippen molar-refractivity contribution in [1.29, 1.82) is 0 Å². The number of benzene rings is 2. The second kappa shape index (κ2) is 10.1. The number of carbonyl (C=O) groups is 1. The van der Waals surface area contributed by atoms with E-state index in [-0.39, 0.29) is 35.6 Å². The summed E-state index contributed by atoms with van der Waals surface area (Å²) in [4.78, 5) is 14.6. The van der Waals surface area contributed by atoms with Gasteiger partial charge in [0.15, 0.2) is 0 Å². The van der Waals surface area contributed by atoms with E-state index < -0.39 is 10.0 Å². The molecule has 3 N–H and O–H groups in total. The minimum Gasteiger partial charge on any atom is -0.398 e. The quantitative estimate of drug-likeness (QED) is 0.702. The summed E-state index contributed by atoms with van der Waals surface area (Å²) in [5, 5.41) is 2.71. The largest absolute Gasteiger partial charge is 0.398 e. The molecular formula is C18H24Cl2N4O3S. The van der Waals surface area contributed by atoms with E-state index >= 15 is 0 Å². The zero-order valence-corrected chi connectivity index (χ0v) is 17.8. The van der Waals surface area contributed by atoms with Crippen LogP contribution in [-0.4, -0.2) is 56.8 Å². The van der Waals surface area contributed by atoms with Crippen molar-refractivity contribution in [3.63, 3.8) is 0 Å². The van der Waals surface area contributed by atoms with E-state index in [4.69, 9.17) is 5.73 Å². The molecule has 0 aliphatic carbocycles. The van der Waals surface area contributed by atoms with Crippen molar-refractivity contribution < 1.29 is 13.2 Å². The second-order valence-corrected chi connectivity index (χ2v) is 8.21. The summed E-state index contributed by atoms with van der Waals surface area (Å²) in [5.41, 5.74) is 6.94. The number of hydrogen-bond donors (Lipinski definition) is 2. The fourth-order valence-corrected chi connectivity index (χ4v) is 4.28. The lowest BCUT2D eigenvalue weighted by Crippen LogP contribution is -2.47. The van der Waals surface area contributed by atoms with Gasteiger partial charge in [-0.1, -0.05) is 18.2 Å². The van der Waals surface area contributed by atoms with Gasteiger partial charge >= 0.3 is 0 Å². The molecule has 1 aliphatic rings. The van der Waals surface area contributed by atoms with Gasteiger partial charge in [0.25, 0.3) is 5.91 Å². The minimum atomic E-state index is -3.59. The highest BCUT2D eigenvalue weighted by atomic mass is 35.5. The van der Waals surface area contributed by atoms with Gasteiger partial charge in [-0.25, -0.2) is 8.42 Å². The zero-order valence-electron chi connectivity index (χ0n) is 15.4. The third-order valence-corrected chi connectivity index (χ3v) is 6.29. The molecule has 0 spiro atoms. The van der Waals surface area contributed by atoms with Crippen LogP contribution in [0.2, 0.25) is 0 Å². The van der Waals surface area contributed by atoms with Gasteiger partial charge in [-0.3, -0.25) is 4.79 Å². The molecule has 10 heteroatoms. The predicted molar refractivity (Wildman–Crippen MR) is 116 cm³/mol. The highest BCUT2D eigenvalue weighted by Gasteiger charge is 2.27. The number of nitrogens with one attached hydrogen (secondary N) is 1. The van der Waals surface area contributed by atoms with Crippen LogP contribution < -0.4 is 11.1 Å². The maximum absolute atomic E-state index is 12.8. The molecular weight excluding hydrogens is 423 g/mol. The Bertz CT molecular complexity index is 917. The van der Waals surface area contributed by atoms with E-state index in [9.17, 15) is 13.2 Å². The number of sulfonamides is 1. The van der Waals surface area contributed by atoms with E-state index in [1.165, 1.54) is 10.4 Å². The van der Waals surface area contributed by atoms with Gasteiger partial charge in [0.05, 0.1) is 10.5 Å². The molecule has 0 unspecified atom stereocenters. The van der Waals surface area contributed by atoms with Crippen LogP contribution in [0.25, 0.3) is 0 Å². The van der Waals surface area contributed by atoms with Crippen molar-refractivity contribution in [2.75, 3.05) is 44.3 Å². The van der Waals surface area contributed by atoms with Gasteiger partial charge in [-0.2, -0.15) is 4.31 Å². The third kappa shape index (κ3) is 5.36. The Hall–Kier alpha value is -1.84. The van der Waals surface area contributed by atoms with E-state index in [2.05, 4.69) is 10.2 Å². The van der Waals surface area contributed by atoms with E-state index in [0.29, 0.717) is 43.1 Å². The van der Waals surface area contributed by atoms with Crippen LogP contribution in [0.3, 0.4) is 0 Å². The molecule has 0 radical (unpaired) electrons. The van der Waals surface area contributed by atoms with Gasteiger partial charge < -0.3 is 16.0 Å². The minimum absolute atomic E-state index is 0. The molecule has 7 nitrogen and oxygen atoms in total. The summed E-state index contributed by atoms with van der Waals surface area (Å²) in [5.74, 6) is -0.378. The summed E-state index contributed by atoms with van der Waals surface area (Å²) in [6.45, 7) is 2.30. The number of halogens is 2. The van der Waals surface area contributed by atoms with Crippen molar-refractivity contribution in [3.05, 3.63) is 54.1 Å². The molecule has 1 saturated heterocycles. The van der Waals surface area contributed by atoms with Gasteiger partial charge in [-0.05, 0) is 37.4 Å². The molecule has 1 heterocycles. The van der Waals surface area contributed by atoms with Gasteiger partial charge in [-0.15, -0.1) is 24.8 Å². The van der Waals surface area contributed by atoms with Crippen LogP contribution in [0.1, 0.15) is 10.4 Å². The van der Waals surface area contributed by atoms with Crippen LogP contribution in [0, 0.1) is 0 Å². The van der Waals surface area contributed by atoms with Crippen molar-refractivity contribution in [2.45, 2.75) is 4.90 Å². The number of hydrogen-bond acceptors (Lipinski definition) is 5. The normalized spacial score (nSPS) is 15.2. The Labute approximate surface area is 177 Å². The predicted octanol–water partition coefficient (Wildman–Crippen LogP) is 2.30. The highest BCUT2D eigenvalue weighted by molar-refractivity contribution is 7.89. The number of para-hydroxylation sites is 1. The van der Waals surface area contributed by atoms with E-state index in [1.807, 2.05) is 7.05 Å². The van der Waals surface area contributed by atoms with E-state index in [1.54, 1.807) is 42.5 Å². The lowest BCUT2D eigenvalue weighted by Gasteiger charge is -2.31. The molecule has 2 aromatic rings. The number of nitrogens with zero attached hydrogens (tertiary/aromatic N) is 2. The molecule has 2 aromatic carbocycles. The fraction of sp³-hybridized carbons (Fsp3) is 0.278. The molecule has 1 amide bonds. The molecule has 3 rings (SSSR count). The first-order valence-corrected chi connectivity index (χ1v) is 9.76. The average molecular weight is 447 g/mol. The number of likely N-dealkylation sites (N-methyl/N-ethyl adjacent to an activating group) is 1. The Morgan fingerprint density at radius 1 is 1.00 bits per heavy atom. The number of nitrogen functional groups attached to an aromatic ring is 1. The van der Waals surface area contributed by atoms with Crippen molar-refractivity contribution >= 4 is 52.1 Å². The summed E-state index contributed by atoms with van der Waals surface area (Å²) in [6, 6.07) is 13.0. The summed E-state index contributed by atoms with van der Waals surface area (Å²) in [7, 11) is -1.62. The molecule has 154 valence electrons. The van der Waals surface area contributed by atoms with Crippen LogP contribution in [0.15, 0.2) is 53.4 Å². The van der Waals surface area contributed by atoms with Crippen LogP contribution in [0.5, 0.6) is 0 Å². The molecule has 0 saturated carbocycles. The second-order valence-electron chi connectivity index (χ2n) is 6.28. The Balaban J connectivity index is 0.00000196. The van der Waals surface area contributed by atoms with Crippen molar-refractivity contribution in [1.82, 2.24) is 9.21 Å². The van der Waals surface area contributed by atoms with Crippen LogP contribution in [0.4, 0.5) is 11.4 Å². The number of anilines is 2. The first-order valence-electron chi connectivity index (χ1n) is 8.32. The average Bonchev–Trinajstić information content (AvgIpc) is 2.62. The SMILES string of the molecule is CN1CCN(S(=O)(=O)c2cccc(NC(=O)c3ccccc3N)c2)CC1.Cl.Cl. The number of rotatable bonds is 4. The molecule has 1 aliphatic heterocycles. The van der Waals surface area contributed by atoms with Crippen molar-refractivity contribution in [3.8, 4) is 0 Å². The first-order chi connectivity index (χ1) is 12.4. The highest BCUT2D eigenvalue weighted by Crippen LogP contribution is 2.22. The Morgan fingerprint density at radius 3 is 2.29 bits per heavy atom. The maximum Gasteiger partial charge on any atom is 0.257 e. The van der Waals surface area contributed by atoms with Gasteiger partial charge in [0.1, 0.15) is 0 Å². The molecule has 28 heavy (non-hydrogen) atoms. The molecule has 1 fully saturated rings.